The SMILES string of the molecule is Nc1ccc(CC(=O)NCCn2cc(C(=O)O)nn2)nc1. The smallest absolute Gasteiger partial charge is 0.358 e. The summed E-state index contributed by atoms with van der Waals surface area (Å²) in [5, 5.41) is 18.5. The molecule has 0 aliphatic rings. The molecule has 2 heterocycles. The summed E-state index contributed by atoms with van der Waals surface area (Å²) in [6, 6.07) is 3.37. The van der Waals surface area contributed by atoms with Crippen LogP contribution in [-0.2, 0) is 17.8 Å². The van der Waals surface area contributed by atoms with Crippen molar-refractivity contribution in [1.82, 2.24) is 25.3 Å². The molecule has 0 unspecified atom stereocenters. The molecule has 0 atom stereocenters. The summed E-state index contributed by atoms with van der Waals surface area (Å²) in [4.78, 5) is 26.3. The van der Waals surface area contributed by atoms with Crippen LogP contribution < -0.4 is 11.1 Å². The van der Waals surface area contributed by atoms with Gasteiger partial charge in [-0.1, -0.05) is 5.21 Å². The van der Waals surface area contributed by atoms with Crippen molar-refractivity contribution >= 4 is 17.6 Å². The van der Waals surface area contributed by atoms with E-state index in [2.05, 4.69) is 20.6 Å². The molecule has 0 aliphatic heterocycles. The fraction of sp³-hybridized carbons (Fsp3) is 0.250. The minimum absolute atomic E-state index is 0.132. The molecule has 0 radical (unpaired) electrons. The van der Waals surface area contributed by atoms with Gasteiger partial charge >= 0.3 is 5.97 Å². The highest BCUT2D eigenvalue weighted by atomic mass is 16.4. The number of rotatable bonds is 6. The summed E-state index contributed by atoms with van der Waals surface area (Å²) in [5.74, 6) is -1.33. The molecule has 0 saturated carbocycles. The zero-order valence-electron chi connectivity index (χ0n) is 11.1. The lowest BCUT2D eigenvalue weighted by Gasteiger charge is -2.05. The van der Waals surface area contributed by atoms with Crippen LogP contribution in [0.3, 0.4) is 0 Å². The molecule has 0 bridgehead atoms. The second-order valence-electron chi connectivity index (χ2n) is 4.28. The third kappa shape index (κ3) is 4.27. The van der Waals surface area contributed by atoms with Gasteiger partial charge in [0.25, 0.3) is 0 Å². The number of aromatic nitrogens is 4. The number of carbonyl (C=O) groups is 2. The maximum atomic E-state index is 11.7. The summed E-state index contributed by atoms with van der Waals surface area (Å²) in [6.45, 7) is 0.650. The van der Waals surface area contributed by atoms with Crippen LogP contribution in [-0.4, -0.2) is 43.5 Å². The van der Waals surface area contributed by atoms with Gasteiger partial charge < -0.3 is 16.2 Å². The molecule has 0 spiro atoms. The van der Waals surface area contributed by atoms with Crippen molar-refractivity contribution in [1.29, 1.82) is 0 Å². The lowest BCUT2D eigenvalue weighted by atomic mass is 10.2. The highest BCUT2D eigenvalue weighted by Gasteiger charge is 2.08. The lowest BCUT2D eigenvalue weighted by Crippen LogP contribution is -2.29. The number of amides is 1. The molecule has 21 heavy (non-hydrogen) atoms. The Labute approximate surface area is 119 Å². The van der Waals surface area contributed by atoms with E-state index in [1.807, 2.05) is 0 Å². The monoisotopic (exact) mass is 290 g/mol. The van der Waals surface area contributed by atoms with Crippen LogP contribution in [0.5, 0.6) is 0 Å². The largest absolute Gasteiger partial charge is 0.476 e. The van der Waals surface area contributed by atoms with Crippen LogP contribution in [0.2, 0.25) is 0 Å². The Morgan fingerprint density at radius 3 is 2.81 bits per heavy atom. The summed E-state index contributed by atoms with van der Waals surface area (Å²) in [5.41, 5.74) is 6.54. The number of carbonyl (C=O) groups excluding carboxylic acids is 1. The molecule has 2 rings (SSSR count). The predicted octanol–water partition coefficient (Wildman–Crippen LogP) is -0.688. The fourth-order valence-corrected chi connectivity index (χ4v) is 1.58. The Bertz CT molecular complexity index is 637. The van der Waals surface area contributed by atoms with E-state index in [1.54, 1.807) is 12.1 Å². The van der Waals surface area contributed by atoms with Gasteiger partial charge in [0.15, 0.2) is 5.69 Å². The topological polar surface area (TPSA) is 136 Å². The molecule has 9 nitrogen and oxygen atoms in total. The summed E-state index contributed by atoms with van der Waals surface area (Å²) < 4.78 is 1.35. The predicted molar refractivity (Wildman–Crippen MR) is 72.3 cm³/mol. The molecule has 2 aromatic rings. The maximum absolute atomic E-state index is 11.7. The van der Waals surface area contributed by atoms with E-state index < -0.39 is 5.97 Å². The van der Waals surface area contributed by atoms with E-state index in [1.165, 1.54) is 17.1 Å². The van der Waals surface area contributed by atoms with Crippen LogP contribution in [0.25, 0.3) is 0 Å². The highest BCUT2D eigenvalue weighted by Crippen LogP contribution is 2.01. The van der Waals surface area contributed by atoms with Gasteiger partial charge in [0, 0.05) is 12.2 Å². The van der Waals surface area contributed by atoms with Crippen molar-refractivity contribution in [3.05, 3.63) is 35.9 Å². The first kappa shape index (κ1) is 14.4. The number of anilines is 1. The first-order chi connectivity index (χ1) is 10.0. The van der Waals surface area contributed by atoms with Crippen LogP contribution in [0.1, 0.15) is 16.2 Å². The Hall–Kier alpha value is -2.97. The minimum atomic E-state index is -1.14. The Kier molecular flexibility index (Phi) is 4.44. The second kappa shape index (κ2) is 6.46. The molecule has 0 aromatic carbocycles. The van der Waals surface area contributed by atoms with E-state index in [4.69, 9.17) is 10.8 Å². The number of nitrogens with two attached hydrogens (primary N) is 1. The molecule has 9 heteroatoms. The van der Waals surface area contributed by atoms with Gasteiger partial charge in [-0.3, -0.25) is 9.78 Å². The fourth-order valence-electron chi connectivity index (χ4n) is 1.58. The number of nitrogens with one attached hydrogen (secondary N) is 1. The average molecular weight is 290 g/mol. The minimum Gasteiger partial charge on any atom is -0.476 e. The number of carboxylic acids is 1. The summed E-state index contributed by atoms with van der Waals surface area (Å²) in [6.07, 6.45) is 2.94. The van der Waals surface area contributed by atoms with Crippen molar-refractivity contribution in [3.8, 4) is 0 Å². The first-order valence-corrected chi connectivity index (χ1v) is 6.15. The highest BCUT2D eigenvalue weighted by molar-refractivity contribution is 5.84. The van der Waals surface area contributed by atoms with Gasteiger partial charge in [-0.05, 0) is 12.1 Å². The molecular formula is C12H14N6O3. The molecule has 0 fully saturated rings. The molecule has 0 saturated heterocycles. The van der Waals surface area contributed by atoms with Gasteiger partial charge in [0.1, 0.15) is 0 Å². The van der Waals surface area contributed by atoms with E-state index in [-0.39, 0.29) is 18.0 Å². The molecule has 110 valence electrons. The number of pyridine rings is 1. The standard InChI is InChI=1S/C12H14N6O3/c13-8-1-2-9(15-6-8)5-11(19)14-3-4-18-7-10(12(20)21)16-17-18/h1-2,6-7H,3-5,13H2,(H,14,19)(H,20,21). The number of hydrogen-bond donors (Lipinski definition) is 3. The number of hydrogen-bond acceptors (Lipinski definition) is 6. The number of nitrogen functional groups attached to an aromatic ring is 1. The van der Waals surface area contributed by atoms with Gasteiger partial charge in [-0.15, -0.1) is 5.10 Å². The van der Waals surface area contributed by atoms with Crippen LogP contribution in [0.15, 0.2) is 24.5 Å². The molecular weight excluding hydrogens is 276 g/mol. The Morgan fingerprint density at radius 1 is 1.38 bits per heavy atom. The third-order valence-electron chi connectivity index (χ3n) is 2.61. The van der Waals surface area contributed by atoms with Gasteiger partial charge in [0.2, 0.25) is 5.91 Å². The Morgan fingerprint density at radius 2 is 2.19 bits per heavy atom. The van der Waals surface area contributed by atoms with Crippen LogP contribution >= 0.6 is 0 Å². The molecule has 1 amide bonds. The Balaban J connectivity index is 1.76. The van der Waals surface area contributed by atoms with E-state index in [0.717, 1.165) is 0 Å². The maximum Gasteiger partial charge on any atom is 0.358 e. The second-order valence-corrected chi connectivity index (χ2v) is 4.28. The zero-order chi connectivity index (χ0) is 15.2. The number of carboxylic acid groups (broad SMARTS) is 1. The van der Waals surface area contributed by atoms with Crippen molar-refractivity contribution in [2.45, 2.75) is 13.0 Å². The van der Waals surface area contributed by atoms with Crippen molar-refractivity contribution in [2.24, 2.45) is 0 Å². The van der Waals surface area contributed by atoms with E-state index >= 15 is 0 Å². The number of aromatic carboxylic acids is 1. The quantitative estimate of drug-likeness (QED) is 0.640. The third-order valence-corrected chi connectivity index (χ3v) is 2.61. The normalized spacial score (nSPS) is 10.3. The van der Waals surface area contributed by atoms with Crippen molar-refractivity contribution in [3.63, 3.8) is 0 Å². The van der Waals surface area contributed by atoms with Gasteiger partial charge in [-0.25, -0.2) is 9.48 Å². The summed E-state index contributed by atoms with van der Waals surface area (Å²) in [7, 11) is 0. The lowest BCUT2D eigenvalue weighted by molar-refractivity contribution is -0.120. The molecule has 0 aliphatic carbocycles. The first-order valence-electron chi connectivity index (χ1n) is 6.15. The zero-order valence-corrected chi connectivity index (χ0v) is 11.1. The summed E-state index contributed by atoms with van der Waals surface area (Å²) >= 11 is 0. The average Bonchev–Trinajstić information content (AvgIpc) is 2.90. The van der Waals surface area contributed by atoms with Gasteiger partial charge in [-0.2, -0.15) is 0 Å². The van der Waals surface area contributed by atoms with Crippen molar-refractivity contribution in [2.75, 3.05) is 12.3 Å². The number of nitrogens with zero attached hydrogens (tertiary/aromatic N) is 4. The van der Waals surface area contributed by atoms with Gasteiger partial charge in [0.05, 0.1) is 31.0 Å². The van der Waals surface area contributed by atoms with Crippen molar-refractivity contribution < 1.29 is 14.7 Å². The van der Waals surface area contributed by atoms with Crippen LogP contribution in [0.4, 0.5) is 5.69 Å². The van der Waals surface area contributed by atoms with E-state index in [9.17, 15) is 9.59 Å². The van der Waals surface area contributed by atoms with Crippen LogP contribution in [0, 0.1) is 0 Å². The molecule has 2 aromatic heterocycles. The van der Waals surface area contributed by atoms with E-state index in [0.29, 0.717) is 24.5 Å². The molecule has 4 N–H and O–H groups in total.